The summed E-state index contributed by atoms with van der Waals surface area (Å²) in [4.78, 5) is 22.0. The zero-order valence-electron chi connectivity index (χ0n) is 13.1. The van der Waals surface area contributed by atoms with Crippen molar-refractivity contribution < 1.29 is 19.2 Å². The zero-order valence-corrected chi connectivity index (χ0v) is 13.1. The molecule has 2 rings (SSSR count). The molecule has 0 bridgehead atoms. The molecule has 1 aromatic heterocycles. The number of aromatic nitrogens is 4. The summed E-state index contributed by atoms with van der Waals surface area (Å²) in [6.45, 7) is 2.16. The van der Waals surface area contributed by atoms with E-state index in [4.69, 9.17) is 9.47 Å². The quantitative estimate of drug-likeness (QED) is 0.384. The molecule has 1 heterocycles. The second kappa shape index (κ2) is 8.56. The highest BCUT2D eigenvalue weighted by Gasteiger charge is 2.16. The average molecular weight is 335 g/mol. The minimum atomic E-state index is -0.668. The third kappa shape index (κ3) is 4.73. The molecule has 0 atom stereocenters. The number of para-hydroxylation sites is 2. The standard InChI is InChI=1S/C14H17N5O5/c1-2-3-8-18-13(15-16-17-18)9-24-14(20)10-23-12-7-5-4-6-11(12)19(21)22/h4-7H,2-3,8-10H2,1H3. The van der Waals surface area contributed by atoms with Crippen molar-refractivity contribution in [3.8, 4) is 5.75 Å². The molecule has 0 aliphatic heterocycles. The van der Waals surface area contributed by atoms with Crippen LogP contribution in [0.3, 0.4) is 0 Å². The summed E-state index contributed by atoms with van der Waals surface area (Å²) in [5, 5.41) is 22.0. The van der Waals surface area contributed by atoms with Crippen LogP contribution in [0.25, 0.3) is 0 Å². The first-order chi connectivity index (χ1) is 11.6. The summed E-state index contributed by atoms with van der Waals surface area (Å²) in [7, 11) is 0. The van der Waals surface area contributed by atoms with E-state index >= 15 is 0 Å². The normalized spacial score (nSPS) is 10.4. The SMILES string of the molecule is CCCCn1nnnc1COC(=O)COc1ccccc1[N+](=O)[O-]. The number of hydrogen-bond acceptors (Lipinski definition) is 8. The predicted octanol–water partition coefficient (Wildman–Crippen LogP) is 1.50. The van der Waals surface area contributed by atoms with Crippen LogP contribution in [-0.4, -0.2) is 37.7 Å². The number of tetrazole rings is 1. The monoisotopic (exact) mass is 335 g/mol. The van der Waals surface area contributed by atoms with Crippen LogP contribution in [0.5, 0.6) is 5.75 Å². The van der Waals surface area contributed by atoms with Crippen molar-refractivity contribution in [2.75, 3.05) is 6.61 Å². The molecular weight excluding hydrogens is 318 g/mol. The van der Waals surface area contributed by atoms with Crippen LogP contribution in [0.1, 0.15) is 25.6 Å². The van der Waals surface area contributed by atoms with E-state index in [1.807, 2.05) is 6.92 Å². The lowest BCUT2D eigenvalue weighted by molar-refractivity contribution is -0.385. The second-order valence-electron chi connectivity index (χ2n) is 4.85. The number of aryl methyl sites for hydroxylation is 1. The Balaban J connectivity index is 1.84. The predicted molar refractivity (Wildman–Crippen MR) is 81.1 cm³/mol. The molecule has 0 aliphatic rings. The van der Waals surface area contributed by atoms with Crippen LogP contribution >= 0.6 is 0 Å². The molecule has 0 N–H and O–H groups in total. The summed E-state index contributed by atoms with van der Waals surface area (Å²) in [5.41, 5.74) is -0.214. The fourth-order valence-electron chi connectivity index (χ4n) is 1.86. The van der Waals surface area contributed by atoms with Gasteiger partial charge in [-0.3, -0.25) is 10.1 Å². The smallest absolute Gasteiger partial charge is 0.344 e. The highest BCUT2D eigenvalue weighted by Crippen LogP contribution is 2.25. The molecule has 0 unspecified atom stereocenters. The minimum Gasteiger partial charge on any atom is -0.475 e. The number of nitro benzene ring substituents is 1. The number of nitro groups is 1. The summed E-state index contributed by atoms with van der Waals surface area (Å²) in [6.07, 6.45) is 1.90. The van der Waals surface area contributed by atoms with Gasteiger partial charge in [-0.2, -0.15) is 0 Å². The van der Waals surface area contributed by atoms with Gasteiger partial charge in [-0.15, -0.1) is 5.10 Å². The van der Waals surface area contributed by atoms with Crippen molar-refractivity contribution in [2.45, 2.75) is 32.9 Å². The third-order valence-corrected chi connectivity index (χ3v) is 3.10. The van der Waals surface area contributed by atoms with E-state index in [0.717, 1.165) is 12.8 Å². The fourth-order valence-corrected chi connectivity index (χ4v) is 1.86. The first-order valence-corrected chi connectivity index (χ1v) is 7.38. The number of nitrogens with zero attached hydrogens (tertiary/aromatic N) is 5. The van der Waals surface area contributed by atoms with Gasteiger partial charge in [0.15, 0.2) is 24.8 Å². The lowest BCUT2D eigenvalue weighted by Crippen LogP contribution is -2.17. The summed E-state index contributed by atoms with van der Waals surface area (Å²) < 4.78 is 11.8. The van der Waals surface area contributed by atoms with Crippen LogP contribution in [0, 0.1) is 10.1 Å². The van der Waals surface area contributed by atoms with Gasteiger partial charge in [0, 0.05) is 12.6 Å². The maximum atomic E-state index is 11.7. The lowest BCUT2D eigenvalue weighted by Gasteiger charge is -2.07. The molecule has 2 aromatic rings. The Kier molecular flexibility index (Phi) is 6.17. The first kappa shape index (κ1) is 17.3. The molecule has 0 amide bonds. The largest absolute Gasteiger partial charge is 0.475 e. The number of carbonyl (C=O) groups excluding carboxylic acids is 1. The summed E-state index contributed by atoms with van der Waals surface area (Å²) in [6, 6.07) is 5.80. The number of esters is 1. The molecule has 128 valence electrons. The van der Waals surface area contributed by atoms with Crippen LogP contribution in [0.15, 0.2) is 24.3 Å². The Labute approximate surface area is 137 Å². The van der Waals surface area contributed by atoms with Gasteiger partial charge in [-0.05, 0) is 22.9 Å². The van der Waals surface area contributed by atoms with Gasteiger partial charge >= 0.3 is 11.7 Å². The number of hydrogen-bond donors (Lipinski definition) is 0. The lowest BCUT2D eigenvalue weighted by atomic mass is 10.3. The fraction of sp³-hybridized carbons (Fsp3) is 0.429. The van der Waals surface area contributed by atoms with E-state index in [9.17, 15) is 14.9 Å². The van der Waals surface area contributed by atoms with E-state index in [1.165, 1.54) is 18.2 Å². The topological polar surface area (TPSA) is 122 Å². The second-order valence-corrected chi connectivity index (χ2v) is 4.85. The molecule has 0 saturated carbocycles. The van der Waals surface area contributed by atoms with Gasteiger partial charge in [0.25, 0.3) is 0 Å². The van der Waals surface area contributed by atoms with E-state index in [0.29, 0.717) is 12.4 Å². The Bertz CT molecular complexity index is 702. The molecular formula is C14H17N5O5. The zero-order chi connectivity index (χ0) is 17.4. The molecule has 0 radical (unpaired) electrons. The average Bonchev–Trinajstić information content (AvgIpc) is 3.03. The van der Waals surface area contributed by atoms with Gasteiger partial charge in [-0.25, -0.2) is 9.48 Å². The number of rotatable bonds is 9. The van der Waals surface area contributed by atoms with Gasteiger partial charge in [0.2, 0.25) is 0 Å². The van der Waals surface area contributed by atoms with Gasteiger partial charge in [0.05, 0.1) is 4.92 Å². The Hall–Kier alpha value is -3.04. The molecule has 1 aromatic carbocycles. The number of benzene rings is 1. The van der Waals surface area contributed by atoms with Crippen LogP contribution in [0.2, 0.25) is 0 Å². The maximum Gasteiger partial charge on any atom is 0.344 e. The van der Waals surface area contributed by atoms with E-state index in [2.05, 4.69) is 15.5 Å². The first-order valence-electron chi connectivity index (χ1n) is 7.38. The molecule has 10 heteroatoms. The van der Waals surface area contributed by atoms with E-state index in [1.54, 1.807) is 10.7 Å². The molecule has 0 fully saturated rings. The van der Waals surface area contributed by atoms with E-state index in [-0.39, 0.29) is 18.0 Å². The Morgan fingerprint density at radius 2 is 2.17 bits per heavy atom. The van der Waals surface area contributed by atoms with Crippen LogP contribution in [0.4, 0.5) is 5.69 Å². The number of ether oxygens (including phenoxy) is 2. The Morgan fingerprint density at radius 1 is 1.38 bits per heavy atom. The van der Waals surface area contributed by atoms with Gasteiger partial charge < -0.3 is 9.47 Å². The summed E-state index contributed by atoms with van der Waals surface area (Å²) in [5.74, 6) is -0.229. The molecule has 0 saturated heterocycles. The van der Waals surface area contributed by atoms with Gasteiger partial charge in [-0.1, -0.05) is 25.5 Å². The molecule has 24 heavy (non-hydrogen) atoms. The molecule has 10 nitrogen and oxygen atoms in total. The van der Waals surface area contributed by atoms with Crippen molar-refractivity contribution in [1.29, 1.82) is 0 Å². The highest BCUT2D eigenvalue weighted by molar-refractivity contribution is 5.71. The molecule has 0 aliphatic carbocycles. The van der Waals surface area contributed by atoms with Crippen molar-refractivity contribution in [3.05, 3.63) is 40.2 Å². The third-order valence-electron chi connectivity index (χ3n) is 3.10. The van der Waals surface area contributed by atoms with Crippen molar-refractivity contribution in [3.63, 3.8) is 0 Å². The van der Waals surface area contributed by atoms with Crippen molar-refractivity contribution in [1.82, 2.24) is 20.2 Å². The Morgan fingerprint density at radius 3 is 2.92 bits per heavy atom. The van der Waals surface area contributed by atoms with Crippen LogP contribution in [-0.2, 0) is 22.7 Å². The number of carbonyl (C=O) groups is 1. The van der Waals surface area contributed by atoms with E-state index < -0.39 is 17.5 Å². The van der Waals surface area contributed by atoms with Crippen molar-refractivity contribution in [2.24, 2.45) is 0 Å². The summed E-state index contributed by atoms with van der Waals surface area (Å²) >= 11 is 0. The number of unbranched alkanes of at least 4 members (excludes halogenated alkanes) is 1. The van der Waals surface area contributed by atoms with Crippen LogP contribution < -0.4 is 4.74 Å². The van der Waals surface area contributed by atoms with Gasteiger partial charge in [0.1, 0.15) is 0 Å². The maximum absolute atomic E-state index is 11.7. The minimum absolute atomic E-state index is 0.00669. The highest BCUT2D eigenvalue weighted by atomic mass is 16.6. The van der Waals surface area contributed by atoms with Crippen molar-refractivity contribution >= 4 is 11.7 Å². The molecule has 0 spiro atoms.